The number of hydrogen-bond acceptors (Lipinski definition) is 35. The summed E-state index contributed by atoms with van der Waals surface area (Å²) in [5, 5.41) is 51.9. The van der Waals surface area contributed by atoms with Gasteiger partial charge in [0.1, 0.15) is 94.3 Å². The molecule has 0 aliphatic carbocycles. The molecule has 3 heterocycles. The second-order valence-electron chi connectivity index (χ2n) is 33.0. The summed E-state index contributed by atoms with van der Waals surface area (Å²) in [7, 11) is -12.3. The fourth-order valence-electron chi connectivity index (χ4n) is 10.8. The number of benzene rings is 9. The summed E-state index contributed by atoms with van der Waals surface area (Å²) >= 11 is 5.66. The van der Waals surface area contributed by atoms with E-state index in [2.05, 4.69) is 77.3 Å². The number of H-pyrrole nitrogens is 3. The first-order valence-corrected chi connectivity index (χ1v) is 48.1. The topological polar surface area (TPSA) is 556 Å². The number of ether oxygens (including phenoxy) is 5. The molecule has 0 saturated heterocycles. The quantitative estimate of drug-likeness (QED) is 0.00167. The Morgan fingerprint density at radius 1 is 0.387 bits per heavy atom. The number of aliphatic hydroxyl groups is 1. The van der Waals surface area contributed by atoms with Crippen LogP contribution in [0.3, 0.4) is 0 Å². The standard InChI is InChI=1S/C32H39N5O8.C22H23N5O4.C18H28N2O5.C14H11N3O4.CH2Cl2.2CHF3O3S.Sn/c1-31(2,3)43-29(38)33-24-11-10-23(27(18-24)34-30(39)44-32(4,5)6)15-16-40-41-19-21-7-12-25(13-8-21)45-42-20-22-9-14-26-28(17-22)36-37-35-26;23-18-5-4-17(20(24)12-18)9-10-28-29-13-15-1-6-19(7-2-15)31-30-14-16-3-8-21-22(11-16)26-27-25-21;1-17(2,3)24-15(22)19-13-8-7-12(9-10-21)14(11-13)20-16(23)25-18(4,5)6;18-9-19-11-2-4-12(5-3-11)21-20-8-10-1-6-13-14(7-10)16-17-15-13;2-1-3;2*2-1(3,4)8(5,6)7;/h7-14,17-18H,15-16,19-20H2,1-6H3,(H,33,38)(H,34,39)(H,35,36,37);1-8,11-12H,9-10,13-14,23-24H2,(H,25,26,27);7-8,11,21H,9-10H2,1-6H3,(H,19,22)(H,20,23);1-7,9H,8H2,(H,15,16,17);1H2;2*(H,5,6,7);/q;;;;;;;+2/p-2. The molecule has 0 spiro atoms. The predicted molar refractivity (Wildman–Crippen MR) is 506 cm³/mol. The van der Waals surface area contributed by atoms with Crippen LogP contribution in [0.5, 0.6) is 23.0 Å². The number of aromatic amines is 3. The Hall–Kier alpha value is -12.8. The van der Waals surface area contributed by atoms with Gasteiger partial charge < -0.3 is 54.9 Å². The molecule has 53 heteroatoms. The second kappa shape index (κ2) is 55.6. The van der Waals surface area contributed by atoms with Crippen molar-refractivity contribution in [2.24, 2.45) is 0 Å². The number of alkyl halides is 8. The van der Waals surface area contributed by atoms with Crippen molar-refractivity contribution in [3.63, 3.8) is 0 Å². The number of amides is 4. The minimum absolute atomic E-state index is 0.0676. The number of nitrogens with zero attached hydrogens (tertiary/aromatic N) is 6. The molecule has 0 bridgehead atoms. The van der Waals surface area contributed by atoms with E-state index < -0.39 is 100 Å². The number of aliphatic hydroxyl groups excluding tert-OH is 1. The van der Waals surface area contributed by atoms with Crippen LogP contribution in [0.15, 0.2) is 182 Å². The predicted octanol–water partition coefficient (Wildman–Crippen LogP) is 17.8. The Morgan fingerprint density at radius 2 is 0.690 bits per heavy atom. The van der Waals surface area contributed by atoms with Gasteiger partial charge in [-0.1, -0.05) is 60.7 Å². The fourth-order valence-corrected chi connectivity index (χ4v) is 15.1. The van der Waals surface area contributed by atoms with E-state index in [4.69, 9.17) is 102 Å². The monoisotopic (exact) mass is 2180 g/mol. The molecule has 0 unspecified atom stereocenters. The molecule has 12 N–H and O–H groups in total. The van der Waals surface area contributed by atoms with Crippen LogP contribution in [0.25, 0.3) is 33.1 Å². The summed E-state index contributed by atoms with van der Waals surface area (Å²) in [6, 6.07) is 53.5. The van der Waals surface area contributed by atoms with Gasteiger partial charge in [-0.05, 0) is 255 Å². The van der Waals surface area contributed by atoms with E-state index in [1.54, 1.807) is 174 Å². The number of rotatable bonds is 36. The normalized spacial score (nSPS) is 11.6. The third-order valence-electron chi connectivity index (χ3n) is 16.9. The first-order valence-electron chi connectivity index (χ1n) is 41.9. The van der Waals surface area contributed by atoms with Crippen molar-refractivity contribution in [3.8, 4) is 23.0 Å². The van der Waals surface area contributed by atoms with Gasteiger partial charge in [0, 0.05) is 53.6 Å². The number of nitrogens with two attached hydrogens (primary N) is 2. The zero-order valence-electron chi connectivity index (χ0n) is 78.1. The number of fused-ring (bicyclic) bond motifs is 3. The van der Waals surface area contributed by atoms with Gasteiger partial charge in [-0.25, -0.2) is 38.7 Å². The van der Waals surface area contributed by atoms with Gasteiger partial charge in [-0.3, -0.25) is 26.1 Å². The number of halogens is 8. The van der Waals surface area contributed by atoms with Crippen molar-refractivity contribution >= 4 is 163 Å². The van der Waals surface area contributed by atoms with Gasteiger partial charge in [0.25, 0.3) is 6.47 Å². The van der Waals surface area contributed by atoms with Crippen LogP contribution >= 0.6 is 23.2 Å². The molecule has 0 atom stereocenters. The van der Waals surface area contributed by atoms with Crippen molar-refractivity contribution in [1.82, 2.24) is 46.2 Å². The second-order valence-corrected chi connectivity index (χ2v) is 40.2. The molecule has 12 rings (SSSR count). The van der Waals surface area contributed by atoms with Gasteiger partial charge in [0.2, 0.25) is 0 Å². The molecule has 42 nitrogen and oxygen atoms in total. The number of anilines is 6. The average molecular weight is 2180 g/mol. The molecule has 12 aromatic rings. The zero-order valence-corrected chi connectivity index (χ0v) is 84.1. The van der Waals surface area contributed by atoms with Gasteiger partial charge >= 0.3 is 126 Å². The molecular formula is C89H103Cl2F6N15O27S2Sn. The van der Waals surface area contributed by atoms with Gasteiger partial charge in [0.15, 0.2) is 17.2 Å². The Bertz CT molecular complexity index is 6220. The van der Waals surface area contributed by atoms with Crippen LogP contribution < -0.4 is 52.1 Å². The van der Waals surface area contributed by atoms with Crippen molar-refractivity contribution < 1.29 is 150 Å². The number of carbonyl (C=O) groups is 5. The van der Waals surface area contributed by atoms with Crippen LogP contribution in [0.4, 0.5) is 79.6 Å². The molecule has 0 aliphatic rings. The third kappa shape index (κ3) is 43.7. The summed E-state index contributed by atoms with van der Waals surface area (Å²) in [4.78, 5) is 112. The molecule has 4 amide bonds. The van der Waals surface area contributed by atoms with Crippen LogP contribution in [0, 0.1) is 0 Å². The van der Waals surface area contributed by atoms with Crippen LogP contribution in [0.2, 0.25) is 0 Å². The van der Waals surface area contributed by atoms with Gasteiger partial charge in [-0.15, -0.1) is 23.2 Å². The van der Waals surface area contributed by atoms with Crippen molar-refractivity contribution in [1.29, 1.82) is 0 Å². The fraction of sp³-hybridized carbons (Fsp3) is 0.337. The molecule has 0 saturated carbocycles. The van der Waals surface area contributed by atoms with E-state index in [-0.39, 0.29) is 38.4 Å². The van der Waals surface area contributed by atoms with Crippen molar-refractivity contribution in [2.75, 3.05) is 57.9 Å². The summed E-state index contributed by atoms with van der Waals surface area (Å²) < 4.78 is 142. The summed E-state index contributed by atoms with van der Waals surface area (Å²) in [6.45, 7) is 23.5. The maximum absolute atomic E-state index is 12.5. The SMILES string of the molecule is CC(C)(C)OC(=O)Nc1ccc(CCO)c(NC(=O)OC(C)(C)C)c1.CC(C)(C)OC(=O)Nc1ccc(CCOOCc2ccc(OOCc3ccc4n[nH]nc4c3)cc2)c(NC(=O)OC(C)(C)C)c1.ClCCl.Nc1ccc(CCOOCc2ccc(OOCc3ccc4n[nH]nc4c3)cc2)c(N)c1.O=COc1ccc(OOCc2ccc3n[nH]nc3c2)cc1.O=S(=O)([O][Sn][O]S(=O)(=O)C(F)(F)F)C(F)(F)F. The number of hydrogen-bond donors (Lipinski definition) is 10. The molecule has 2 radical (unpaired) electrons. The molecule has 9 aromatic carbocycles. The Morgan fingerprint density at radius 3 is 1.02 bits per heavy atom. The molecule has 3 aromatic heterocycles. The van der Waals surface area contributed by atoms with Crippen molar-refractivity contribution in [3.05, 3.63) is 226 Å². The van der Waals surface area contributed by atoms with Crippen LogP contribution in [-0.4, -0.2) is 180 Å². The van der Waals surface area contributed by atoms with E-state index in [1.165, 1.54) is 0 Å². The average Bonchev–Trinajstić information content (AvgIpc) is 1.20. The number of aromatic nitrogens is 9. The van der Waals surface area contributed by atoms with Crippen molar-refractivity contribution in [2.45, 2.75) is 169 Å². The summed E-state index contributed by atoms with van der Waals surface area (Å²) in [5.41, 5.74) is 12.1. The number of nitrogen functional groups attached to an aromatic ring is 2. The number of carbonyl (C=O) groups excluding carboxylic acids is 5. The molecular weight excluding hydrogens is 2080 g/mol. The molecule has 768 valence electrons. The minimum atomic E-state index is -6.15. The molecule has 0 fully saturated rings. The van der Waals surface area contributed by atoms with Gasteiger partial charge in [-0.2, -0.15) is 60.9 Å². The van der Waals surface area contributed by atoms with Crippen LogP contribution in [0.1, 0.15) is 128 Å². The summed E-state index contributed by atoms with van der Waals surface area (Å²) in [6.07, 6.45) is -1.03. The van der Waals surface area contributed by atoms with E-state index in [0.717, 1.165) is 77.6 Å². The Balaban J connectivity index is 0.000000249. The molecule has 0 aliphatic heterocycles. The van der Waals surface area contributed by atoms with Crippen LogP contribution in [-0.2, 0) is 136 Å². The number of nitrogens with one attached hydrogen (secondary N) is 7. The molecule has 142 heavy (non-hydrogen) atoms. The third-order valence-corrected chi connectivity index (χ3v) is 23.5. The van der Waals surface area contributed by atoms with E-state index in [1.807, 2.05) is 91.0 Å². The first kappa shape index (κ1) is 116. The Labute approximate surface area is 830 Å². The summed E-state index contributed by atoms with van der Waals surface area (Å²) in [5.74, 6) is 2.08. The van der Waals surface area contributed by atoms with Gasteiger partial charge in [0.05, 0.1) is 18.6 Å². The van der Waals surface area contributed by atoms with E-state index >= 15 is 0 Å². The van der Waals surface area contributed by atoms with E-state index in [9.17, 15) is 72.3 Å². The first-order chi connectivity index (χ1) is 66.9. The Kier molecular flexibility index (Phi) is 45.5. The zero-order chi connectivity index (χ0) is 104. The van der Waals surface area contributed by atoms with E-state index in [0.29, 0.717) is 103 Å². The maximum atomic E-state index is 12.5.